The maximum absolute atomic E-state index is 14.7. The summed E-state index contributed by atoms with van der Waals surface area (Å²) < 4.78 is 27.2. The molecule has 358 valence electrons. The normalized spacial score (nSPS) is 12.2. The molecule has 1 aliphatic heterocycles. The number of hydrogen-bond donors (Lipinski definition) is 5. The molecule has 0 unspecified atom stereocenters. The standard InChI is InChI=1S/C25H18ClFN2O3.C19H12Cl2N2O2.C6H6BFO2.C2H3NO/c1-14(28-24(30)16-8-2-3-9-17(16)25(31)32)19-13-15-7-6-11-20(26)22(15)29-23(19)18-10-4-5-12-21(18)27;1-10(23-18(24)12-6-2-3-7-13(12)19(23)25)14-9-11-5-4-8-15(20)16(11)22-17(14)21;8-6-4-2-1-3-5(6)7(9)10;3-1-2-4/h2-14H,1H3,(H,28,30)(H,31,32);2-10H,1H3;1-4,9-10H;4H,2H2/t14-;10-;;/m00../s1. The van der Waals surface area contributed by atoms with Gasteiger partial charge < -0.3 is 25.6 Å². The molecule has 13 nitrogen and oxygen atoms in total. The van der Waals surface area contributed by atoms with Crippen LogP contribution in [0.4, 0.5) is 8.78 Å². The van der Waals surface area contributed by atoms with Gasteiger partial charge in [0, 0.05) is 32.9 Å². The zero-order chi connectivity index (χ0) is 51.5. The van der Waals surface area contributed by atoms with E-state index in [-0.39, 0.29) is 45.7 Å². The fourth-order valence-corrected chi connectivity index (χ4v) is 8.18. The number of aliphatic hydroxyl groups excluding tert-OH is 1. The average Bonchev–Trinajstić information content (AvgIpc) is 3.62. The maximum atomic E-state index is 14.7. The first-order valence-corrected chi connectivity index (χ1v) is 22.4. The van der Waals surface area contributed by atoms with E-state index in [0.29, 0.717) is 49.0 Å². The lowest BCUT2D eigenvalue weighted by molar-refractivity contribution is 0.0593. The van der Waals surface area contributed by atoms with E-state index < -0.39 is 42.7 Å². The van der Waals surface area contributed by atoms with Crippen molar-refractivity contribution in [3.8, 4) is 17.3 Å². The number of pyridine rings is 2. The number of carboxylic acid groups (broad SMARTS) is 1. The fourth-order valence-electron chi connectivity index (χ4n) is 7.43. The summed E-state index contributed by atoms with van der Waals surface area (Å²) in [6.45, 7) is 3.12. The van der Waals surface area contributed by atoms with Crippen molar-refractivity contribution in [2.75, 3.05) is 6.61 Å². The number of halogens is 5. The second kappa shape index (κ2) is 23.8. The minimum atomic E-state index is -1.72. The molecule has 2 aromatic heterocycles. The van der Waals surface area contributed by atoms with Crippen LogP contribution in [0.25, 0.3) is 33.1 Å². The highest BCUT2D eigenvalue weighted by atomic mass is 35.5. The summed E-state index contributed by atoms with van der Waals surface area (Å²) >= 11 is 18.8. The molecule has 0 fully saturated rings. The molecule has 0 aliphatic carbocycles. The van der Waals surface area contributed by atoms with Gasteiger partial charge in [-0.15, -0.1) is 0 Å². The maximum Gasteiger partial charge on any atom is 0.491 e. The van der Waals surface area contributed by atoms with Gasteiger partial charge in [-0.3, -0.25) is 19.3 Å². The molecule has 6 aromatic carbocycles. The molecule has 2 atom stereocenters. The minimum absolute atomic E-state index is 0.0380. The Morgan fingerprint density at radius 2 is 1.17 bits per heavy atom. The summed E-state index contributed by atoms with van der Waals surface area (Å²) in [6.07, 6.45) is 0. The second-order valence-electron chi connectivity index (χ2n) is 15.4. The van der Waals surface area contributed by atoms with E-state index in [2.05, 4.69) is 15.3 Å². The van der Waals surface area contributed by atoms with Gasteiger partial charge in [0.2, 0.25) is 0 Å². The number of aromatic nitrogens is 2. The Bertz CT molecular complexity index is 3330. The number of carboxylic acids is 1. The molecule has 0 spiro atoms. The van der Waals surface area contributed by atoms with Crippen LogP contribution in [0, 0.1) is 23.0 Å². The number of amides is 3. The average molecular weight is 1020 g/mol. The molecule has 3 heterocycles. The van der Waals surface area contributed by atoms with Crippen molar-refractivity contribution in [1.29, 1.82) is 5.26 Å². The summed E-state index contributed by atoms with van der Waals surface area (Å²) in [7, 11) is -1.72. The number of hydrogen-bond acceptors (Lipinski definition) is 10. The number of imide groups is 1. The smallest absolute Gasteiger partial charge is 0.478 e. The SMILES string of the molecule is C[C@@H](c1cc2cccc(Cl)c2nc1Cl)N1C(=O)c2ccccc2C1=O.C[C@H](NC(=O)c1ccccc1C(=O)O)c1cc2cccc(Cl)c2nc1-c1ccccc1F.N#CCO.OB(O)c1ccccc1F. The largest absolute Gasteiger partial charge is 0.491 e. The zero-order valence-electron chi connectivity index (χ0n) is 37.4. The number of aliphatic hydroxyl groups is 1. The molecule has 0 radical (unpaired) electrons. The van der Waals surface area contributed by atoms with Crippen molar-refractivity contribution in [3.05, 3.63) is 206 Å². The van der Waals surface area contributed by atoms with Crippen molar-refractivity contribution < 1.29 is 48.2 Å². The molecule has 0 saturated heterocycles. The summed E-state index contributed by atoms with van der Waals surface area (Å²) in [5, 5.41) is 46.8. The van der Waals surface area contributed by atoms with E-state index in [1.165, 1.54) is 53.4 Å². The first-order chi connectivity index (χ1) is 34.0. The van der Waals surface area contributed by atoms with Crippen LogP contribution in [0.3, 0.4) is 0 Å². The zero-order valence-corrected chi connectivity index (χ0v) is 39.7. The van der Waals surface area contributed by atoms with Crippen molar-refractivity contribution in [1.82, 2.24) is 20.2 Å². The molecule has 3 amide bonds. The van der Waals surface area contributed by atoms with Crippen molar-refractivity contribution in [2.45, 2.75) is 25.9 Å². The highest BCUT2D eigenvalue weighted by Crippen LogP contribution is 2.37. The molecule has 19 heteroatoms. The number of para-hydroxylation sites is 2. The van der Waals surface area contributed by atoms with Crippen LogP contribution >= 0.6 is 34.8 Å². The van der Waals surface area contributed by atoms with Crippen LogP contribution in [0.15, 0.2) is 146 Å². The van der Waals surface area contributed by atoms with E-state index in [9.17, 15) is 33.1 Å². The van der Waals surface area contributed by atoms with E-state index >= 15 is 0 Å². The number of benzene rings is 6. The third kappa shape index (κ3) is 12.1. The van der Waals surface area contributed by atoms with Crippen molar-refractivity contribution in [2.24, 2.45) is 0 Å². The molecule has 0 saturated carbocycles. The van der Waals surface area contributed by atoms with Crippen LogP contribution in [0.5, 0.6) is 0 Å². The first kappa shape index (κ1) is 52.8. The van der Waals surface area contributed by atoms with Crippen LogP contribution in [0.2, 0.25) is 15.2 Å². The third-order valence-electron chi connectivity index (χ3n) is 10.9. The van der Waals surface area contributed by atoms with Crippen molar-refractivity contribution in [3.63, 3.8) is 0 Å². The van der Waals surface area contributed by atoms with Crippen LogP contribution in [0.1, 0.15) is 78.5 Å². The number of nitrogens with zero attached hydrogens (tertiary/aromatic N) is 4. The Balaban J connectivity index is 0.000000186. The van der Waals surface area contributed by atoms with E-state index in [1.807, 2.05) is 30.3 Å². The monoisotopic (exact) mass is 1020 g/mol. The van der Waals surface area contributed by atoms with E-state index in [1.54, 1.807) is 86.6 Å². The quantitative estimate of drug-likeness (QED) is 0.0418. The topological polar surface area (TPSA) is 214 Å². The van der Waals surface area contributed by atoms with Crippen LogP contribution < -0.4 is 10.8 Å². The fraction of sp³-hybridized carbons (Fsp3) is 0.0962. The molecule has 71 heavy (non-hydrogen) atoms. The second-order valence-corrected chi connectivity index (χ2v) is 16.5. The predicted octanol–water partition coefficient (Wildman–Crippen LogP) is 9.79. The molecule has 5 N–H and O–H groups in total. The Labute approximate surface area is 420 Å². The highest BCUT2D eigenvalue weighted by Gasteiger charge is 2.39. The van der Waals surface area contributed by atoms with Gasteiger partial charge in [0.25, 0.3) is 17.7 Å². The molecule has 9 rings (SSSR count). The lowest BCUT2D eigenvalue weighted by Crippen LogP contribution is -2.32. The van der Waals surface area contributed by atoms with E-state index in [4.69, 9.17) is 55.2 Å². The molecule has 1 aliphatic rings. The van der Waals surface area contributed by atoms with Gasteiger partial charge in [0.1, 0.15) is 23.4 Å². The highest BCUT2D eigenvalue weighted by molar-refractivity contribution is 6.58. The lowest BCUT2D eigenvalue weighted by atomic mass is 9.80. The van der Waals surface area contributed by atoms with Gasteiger partial charge in [0.15, 0.2) is 0 Å². The number of aromatic carboxylic acids is 1. The number of carbonyl (C=O) groups is 4. The Morgan fingerprint density at radius 3 is 1.68 bits per heavy atom. The van der Waals surface area contributed by atoms with Gasteiger partial charge in [-0.05, 0) is 80.6 Å². The lowest BCUT2D eigenvalue weighted by Gasteiger charge is -2.23. The molecular weight excluding hydrogens is 978 g/mol. The first-order valence-electron chi connectivity index (χ1n) is 21.3. The molecule has 0 bridgehead atoms. The predicted molar refractivity (Wildman–Crippen MR) is 267 cm³/mol. The molecule has 8 aromatic rings. The van der Waals surface area contributed by atoms with Gasteiger partial charge in [-0.25, -0.2) is 23.5 Å². The number of carbonyl (C=O) groups excluding carboxylic acids is 3. The third-order valence-corrected chi connectivity index (χ3v) is 11.8. The van der Waals surface area contributed by atoms with Gasteiger partial charge in [0.05, 0.1) is 67.2 Å². The number of fused-ring (bicyclic) bond motifs is 3. The van der Waals surface area contributed by atoms with Gasteiger partial charge >= 0.3 is 13.1 Å². The summed E-state index contributed by atoms with van der Waals surface area (Å²) in [4.78, 5) is 59.9. The van der Waals surface area contributed by atoms with Crippen LogP contribution in [-0.4, -0.2) is 72.5 Å². The summed E-state index contributed by atoms with van der Waals surface area (Å²) in [5.74, 6) is -3.45. The Morgan fingerprint density at radius 1 is 0.690 bits per heavy atom. The Kier molecular flexibility index (Phi) is 17.7. The van der Waals surface area contributed by atoms with Gasteiger partial charge in [-0.2, -0.15) is 5.26 Å². The Hall–Kier alpha value is -7.62. The summed E-state index contributed by atoms with van der Waals surface area (Å²) in [5.41, 5.74) is 3.57. The number of nitrogens with one attached hydrogen (secondary N) is 1. The number of rotatable bonds is 8. The minimum Gasteiger partial charge on any atom is -0.478 e. The number of nitriles is 1. The summed E-state index contributed by atoms with van der Waals surface area (Å²) in [6, 6.07) is 39.2. The van der Waals surface area contributed by atoms with Crippen LogP contribution in [-0.2, 0) is 0 Å². The van der Waals surface area contributed by atoms with E-state index in [0.717, 1.165) is 10.8 Å². The van der Waals surface area contributed by atoms with Gasteiger partial charge in [-0.1, -0.05) is 114 Å². The van der Waals surface area contributed by atoms with Crippen molar-refractivity contribution >= 4 is 92.9 Å². The molecular formula is C52H39BCl3F2N5O8.